The molecule has 0 saturated carbocycles. The molecule has 14 nitrogen and oxygen atoms in total. The van der Waals surface area contributed by atoms with Crippen LogP contribution < -0.4 is 15.5 Å². The first-order valence-corrected chi connectivity index (χ1v) is 16.9. The van der Waals surface area contributed by atoms with Crippen LogP contribution in [-0.4, -0.2) is 93.5 Å². The molecule has 2 aromatic heterocycles. The molecule has 0 radical (unpaired) electrons. The number of benzene rings is 2. The molecule has 4 amide bonds. The SMILES string of the molecule is CC[C@H](C)[C@@H](C(=O)N[C@H]1CCc2cccc3c2N(C1=O)[C@H](C(=O)NCc1c[nH]nn1)C3)N(CCOCCF)C(=O)Cc1nc2ccccc2o1. The summed E-state index contributed by atoms with van der Waals surface area (Å²) in [6.45, 7) is 3.09. The van der Waals surface area contributed by atoms with Crippen molar-refractivity contribution in [3.05, 3.63) is 71.4 Å². The van der Waals surface area contributed by atoms with Crippen LogP contribution in [0.4, 0.5) is 10.1 Å². The molecular formula is C35H41FN8O6. The molecule has 2 aliphatic heterocycles. The largest absolute Gasteiger partial charge is 0.440 e. The minimum Gasteiger partial charge on any atom is -0.440 e. The molecule has 0 unspecified atom stereocenters. The summed E-state index contributed by atoms with van der Waals surface area (Å²) in [7, 11) is 0. The first kappa shape index (κ1) is 34.7. The molecule has 0 spiro atoms. The van der Waals surface area contributed by atoms with E-state index in [1.807, 2.05) is 38.1 Å². The summed E-state index contributed by atoms with van der Waals surface area (Å²) in [6.07, 6.45) is 3.03. The van der Waals surface area contributed by atoms with Gasteiger partial charge in [0.25, 0.3) is 0 Å². The van der Waals surface area contributed by atoms with Gasteiger partial charge < -0.3 is 24.7 Å². The van der Waals surface area contributed by atoms with Crippen molar-refractivity contribution in [2.75, 3.05) is 31.3 Å². The van der Waals surface area contributed by atoms with E-state index < -0.39 is 42.5 Å². The second kappa shape index (κ2) is 15.6. The van der Waals surface area contributed by atoms with Crippen molar-refractivity contribution in [3.8, 4) is 0 Å². The van der Waals surface area contributed by atoms with Crippen LogP contribution >= 0.6 is 0 Å². The number of aryl methyl sites for hydroxylation is 1. The first-order chi connectivity index (χ1) is 24.3. The van der Waals surface area contributed by atoms with Gasteiger partial charge in [-0.05, 0) is 42.0 Å². The summed E-state index contributed by atoms with van der Waals surface area (Å²) in [5.74, 6) is -1.81. The van der Waals surface area contributed by atoms with Gasteiger partial charge in [-0.2, -0.15) is 0 Å². The minimum atomic E-state index is -0.986. The molecule has 0 aliphatic carbocycles. The van der Waals surface area contributed by atoms with Crippen LogP contribution in [0.5, 0.6) is 0 Å². The summed E-state index contributed by atoms with van der Waals surface area (Å²) >= 11 is 0. The number of H-pyrrole nitrogens is 1. The number of oxazole rings is 1. The third-order valence-electron chi connectivity index (χ3n) is 9.38. The molecule has 2 aromatic carbocycles. The lowest BCUT2D eigenvalue weighted by molar-refractivity contribution is -0.144. The highest BCUT2D eigenvalue weighted by Crippen LogP contribution is 2.39. The molecule has 15 heteroatoms. The number of alkyl halides is 1. The minimum absolute atomic E-state index is 0.00276. The van der Waals surface area contributed by atoms with Crippen LogP contribution in [0.3, 0.4) is 0 Å². The van der Waals surface area contributed by atoms with Gasteiger partial charge in [-0.1, -0.05) is 55.8 Å². The van der Waals surface area contributed by atoms with Gasteiger partial charge in [0.15, 0.2) is 5.58 Å². The van der Waals surface area contributed by atoms with Crippen LogP contribution in [0, 0.1) is 5.92 Å². The predicted molar refractivity (Wildman–Crippen MR) is 179 cm³/mol. The molecule has 0 saturated heterocycles. The Kier molecular flexibility index (Phi) is 10.8. The van der Waals surface area contributed by atoms with Gasteiger partial charge in [0.05, 0.1) is 25.4 Å². The van der Waals surface area contributed by atoms with E-state index in [-0.39, 0.29) is 50.4 Å². The maximum absolute atomic E-state index is 14.3. The van der Waals surface area contributed by atoms with E-state index in [0.29, 0.717) is 48.2 Å². The van der Waals surface area contributed by atoms with E-state index in [9.17, 15) is 23.6 Å². The number of nitrogens with zero attached hydrogens (tertiary/aromatic N) is 5. The van der Waals surface area contributed by atoms with Crippen molar-refractivity contribution in [2.24, 2.45) is 5.92 Å². The summed E-state index contributed by atoms with van der Waals surface area (Å²) in [5.41, 5.74) is 4.18. The lowest BCUT2D eigenvalue weighted by Crippen LogP contribution is -2.59. The quantitative estimate of drug-likeness (QED) is 0.158. The summed E-state index contributed by atoms with van der Waals surface area (Å²) in [6, 6.07) is 10.1. The molecule has 264 valence electrons. The lowest BCUT2D eigenvalue weighted by Gasteiger charge is -2.35. The fraction of sp³-hybridized carbons (Fsp3) is 0.457. The summed E-state index contributed by atoms with van der Waals surface area (Å²) in [4.78, 5) is 63.5. The topological polar surface area (TPSA) is 176 Å². The Bertz CT molecular complexity index is 1800. The molecule has 6 rings (SSSR count). The molecule has 0 fully saturated rings. The molecule has 4 aromatic rings. The maximum Gasteiger partial charge on any atom is 0.250 e. The maximum atomic E-state index is 14.3. The van der Waals surface area contributed by atoms with E-state index in [1.54, 1.807) is 24.4 Å². The fourth-order valence-corrected chi connectivity index (χ4v) is 6.73. The van der Waals surface area contributed by atoms with E-state index in [1.165, 1.54) is 9.80 Å². The third kappa shape index (κ3) is 7.37. The molecule has 4 heterocycles. The molecule has 4 atom stereocenters. The Morgan fingerprint density at radius 1 is 1.16 bits per heavy atom. The van der Waals surface area contributed by atoms with Gasteiger partial charge in [-0.15, -0.1) is 5.10 Å². The zero-order valence-electron chi connectivity index (χ0n) is 28.1. The fourth-order valence-electron chi connectivity index (χ4n) is 6.73. The standard InChI is InChI=1S/C35H41FN8O6/c1-3-21(2)31(43(14-16-49-15-13-36)30(45)18-29-39-25-9-4-5-10-28(25)50-29)34(47)40-26-12-11-22-7-6-8-23-17-27(44(32(22)23)35(26)48)33(46)37-19-24-20-38-42-41-24/h4-10,20-21,26-27,31H,3,11-19H2,1-2H3,(H,37,46)(H,40,47)(H,38,41,42)/t21-,26-,27-,31-/m0/s1. The van der Waals surface area contributed by atoms with Gasteiger partial charge in [0, 0.05) is 19.2 Å². The average molecular weight is 689 g/mol. The highest BCUT2D eigenvalue weighted by atomic mass is 19.1. The number of para-hydroxylation sites is 3. The number of ether oxygens (including phenoxy) is 1. The highest BCUT2D eigenvalue weighted by Gasteiger charge is 2.45. The number of fused-ring (bicyclic) bond motifs is 1. The zero-order chi connectivity index (χ0) is 35.2. The van der Waals surface area contributed by atoms with Gasteiger partial charge in [0.2, 0.25) is 29.5 Å². The number of carbonyl (C=O) groups is 4. The van der Waals surface area contributed by atoms with Crippen molar-refractivity contribution in [1.82, 2.24) is 35.9 Å². The molecular weight excluding hydrogens is 647 g/mol. The number of halogens is 1. The van der Waals surface area contributed by atoms with Crippen molar-refractivity contribution in [1.29, 1.82) is 0 Å². The second-order valence-electron chi connectivity index (χ2n) is 12.6. The number of hydrogen-bond acceptors (Lipinski definition) is 9. The normalized spacial score (nSPS) is 18.0. The second-order valence-corrected chi connectivity index (χ2v) is 12.6. The van der Waals surface area contributed by atoms with Crippen LogP contribution in [0.25, 0.3) is 11.1 Å². The van der Waals surface area contributed by atoms with Gasteiger partial charge >= 0.3 is 0 Å². The summed E-state index contributed by atoms with van der Waals surface area (Å²) in [5, 5.41) is 16.0. The van der Waals surface area contributed by atoms with Crippen LogP contribution in [0.1, 0.15) is 49.4 Å². The van der Waals surface area contributed by atoms with Crippen molar-refractivity contribution in [3.63, 3.8) is 0 Å². The first-order valence-electron chi connectivity index (χ1n) is 16.9. The lowest BCUT2D eigenvalue weighted by atomic mass is 9.95. The van der Waals surface area contributed by atoms with E-state index >= 15 is 0 Å². The van der Waals surface area contributed by atoms with Gasteiger partial charge in [-0.25, -0.2) is 9.37 Å². The molecule has 50 heavy (non-hydrogen) atoms. The highest BCUT2D eigenvalue weighted by molar-refractivity contribution is 6.08. The van der Waals surface area contributed by atoms with Crippen molar-refractivity contribution >= 4 is 40.4 Å². The van der Waals surface area contributed by atoms with Crippen LogP contribution in [-0.2, 0) is 49.7 Å². The van der Waals surface area contributed by atoms with E-state index in [4.69, 9.17) is 9.15 Å². The van der Waals surface area contributed by atoms with E-state index in [2.05, 4.69) is 31.0 Å². The van der Waals surface area contributed by atoms with Gasteiger partial charge in [-0.3, -0.25) is 29.2 Å². The number of rotatable bonds is 15. The molecule has 2 aliphatic rings. The third-order valence-corrected chi connectivity index (χ3v) is 9.38. The number of anilines is 1. The average Bonchev–Trinajstić information content (AvgIpc) is 3.86. The van der Waals surface area contributed by atoms with Crippen molar-refractivity contribution in [2.45, 2.75) is 70.6 Å². The number of amides is 4. The number of aromatic amines is 1. The van der Waals surface area contributed by atoms with Crippen LogP contribution in [0.15, 0.2) is 53.1 Å². The Balaban J connectivity index is 1.23. The number of aromatic nitrogens is 4. The zero-order valence-corrected chi connectivity index (χ0v) is 28.1. The molecule has 3 N–H and O–H groups in total. The monoisotopic (exact) mass is 688 g/mol. The van der Waals surface area contributed by atoms with Crippen LogP contribution in [0.2, 0.25) is 0 Å². The number of hydrogen-bond donors (Lipinski definition) is 3. The Labute approximate surface area is 288 Å². The van der Waals surface area contributed by atoms with E-state index in [0.717, 1.165) is 11.1 Å². The number of carbonyl (C=O) groups excluding carboxylic acids is 4. The van der Waals surface area contributed by atoms with Crippen molar-refractivity contribution < 1.29 is 32.7 Å². The summed E-state index contributed by atoms with van der Waals surface area (Å²) < 4.78 is 24.0. The predicted octanol–water partition coefficient (Wildman–Crippen LogP) is 2.42. The Morgan fingerprint density at radius 3 is 2.74 bits per heavy atom. The number of nitrogens with one attached hydrogen (secondary N) is 3. The smallest absolute Gasteiger partial charge is 0.250 e. The Morgan fingerprint density at radius 2 is 1.98 bits per heavy atom. The molecule has 0 bridgehead atoms. The van der Waals surface area contributed by atoms with Gasteiger partial charge in [0.1, 0.15) is 42.4 Å². The Hall–Kier alpha value is -5.18.